The van der Waals surface area contributed by atoms with Crippen molar-refractivity contribution in [3.63, 3.8) is 0 Å². The van der Waals surface area contributed by atoms with E-state index in [0.717, 1.165) is 19.6 Å². The summed E-state index contributed by atoms with van der Waals surface area (Å²) in [7, 11) is -3.68. The second-order valence-corrected chi connectivity index (χ2v) is 7.73. The summed E-state index contributed by atoms with van der Waals surface area (Å²) in [6, 6.07) is 4.70. The van der Waals surface area contributed by atoms with Crippen molar-refractivity contribution in [2.45, 2.75) is 24.7 Å². The van der Waals surface area contributed by atoms with Crippen LogP contribution in [0.5, 0.6) is 0 Å². The number of nitrogens with one attached hydrogen (secondary N) is 1. The predicted octanol–water partition coefficient (Wildman–Crippen LogP) is 1.93. The van der Waals surface area contributed by atoms with E-state index in [2.05, 4.69) is 9.62 Å². The van der Waals surface area contributed by atoms with Crippen LogP contribution in [-0.4, -0.2) is 39.5 Å². The predicted molar refractivity (Wildman–Crippen MR) is 85.9 cm³/mol. The average Bonchev–Trinajstić information content (AvgIpc) is 2.89. The van der Waals surface area contributed by atoms with Gasteiger partial charge in [0.15, 0.2) is 0 Å². The maximum Gasteiger partial charge on any atom is 0.244 e. The van der Waals surface area contributed by atoms with Gasteiger partial charge in [-0.1, -0.05) is 24.6 Å². The summed E-state index contributed by atoms with van der Waals surface area (Å²) in [4.78, 5) is 2.34. The highest BCUT2D eigenvalue weighted by atomic mass is 35.5. The quantitative estimate of drug-likeness (QED) is 0.781. The summed E-state index contributed by atoms with van der Waals surface area (Å²) >= 11 is 5.96. The number of rotatable bonds is 6. The van der Waals surface area contributed by atoms with Crippen LogP contribution in [0.4, 0.5) is 5.69 Å². The van der Waals surface area contributed by atoms with E-state index < -0.39 is 10.0 Å². The molecule has 0 amide bonds. The lowest BCUT2D eigenvalue weighted by molar-refractivity contribution is 0.288. The van der Waals surface area contributed by atoms with Gasteiger partial charge < -0.3 is 10.6 Å². The fourth-order valence-electron chi connectivity index (χ4n) is 2.60. The zero-order chi connectivity index (χ0) is 15.5. The minimum Gasteiger partial charge on any atom is -0.398 e. The molecule has 1 aromatic carbocycles. The largest absolute Gasteiger partial charge is 0.398 e. The molecule has 1 heterocycles. The van der Waals surface area contributed by atoms with E-state index >= 15 is 0 Å². The maximum atomic E-state index is 12.3. The number of nitrogens with two attached hydrogens (primary N) is 1. The van der Waals surface area contributed by atoms with Crippen LogP contribution in [0.3, 0.4) is 0 Å². The first-order chi connectivity index (χ1) is 9.90. The number of nitrogen functional groups attached to an aromatic ring is 1. The van der Waals surface area contributed by atoms with Gasteiger partial charge in [-0.2, -0.15) is 0 Å². The molecule has 3 N–H and O–H groups in total. The molecular formula is C14H22ClN3O2S. The van der Waals surface area contributed by atoms with Crippen molar-refractivity contribution in [2.75, 3.05) is 31.9 Å². The summed E-state index contributed by atoms with van der Waals surface area (Å²) in [5.41, 5.74) is 5.90. The summed E-state index contributed by atoms with van der Waals surface area (Å²) in [6.07, 6.45) is 2.46. The second kappa shape index (κ2) is 6.96. The minimum atomic E-state index is -3.68. The molecule has 7 heteroatoms. The first kappa shape index (κ1) is 16.5. The minimum absolute atomic E-state index is 0.0277. The second-order valence-electron chi connectivity index (χ2n) is 5.62. The van der Waals surface area contributed by atoms with Crippen molar-refractivity contribution in [3.05, 3.63) is 23.2 Å². The Labute approximate surface area is 131 Å². The third kappa shape index (κ3) is 4.32. The highest BCUT2D eigenvalue weighted by molar-refractivity contribution is 7.89. The van der Waals surface area contributed by atoms with Crippen LogP contribution < -0.4 is 10.5 Å². The van der Waals surface area contributed by atoms with Crippen LogP contribution in [0, 0.1) is 5.92 Å². The zero-order valence-corrected chi connectivity index (χ0v) is 13.8. The molecule has 1 aromatic rings. The molecule has 1 fully saturated rings. The molecule has 0 radical (unpaired) electrons. The van der Waals surface area contributed by atoms with E-state index in [4.69, 9.17) is 17.3 Å². The number of halogens is 1. The van der Waals surface area contributed by atoms with Crippen molar-refractivity contribution in [1.82, 2.24) is 9.62 Å². The molecule has 1 saturated heterocycles. The van der Waals surface area contributed by atoms with E-state index in [-0.39, 0.29) is 21.5 Å². The first-order valence-electron chi connectivity index (χ1n) is 7.16. The Kier molecular flexibility index (Phi) is 5.48. The number of hydrogen-bond acceptors (Lipinski definition) is 4. The molecule has 118 valence electrons. The molecule has 0 bridgehead atoms. The van der Waals surface area contributed by atoms with Gasteiger partial charge in [0, 0.05) is 13.1 Å². The van der Waals surface area contributed by atoms with Gasteiger partial charge in [-0.25, -0.2) is 13.1 Å². The smallest absolute Gasteiger partial charge is 0.244 e. The fraction of sp³-hybridized carbons (Fsp3) is 0.571. The first-order valence-corrected chi connectivity index (χ1v) is 9.02. The third-order valence-corrected chi connectivity index (χ3v) is 5.62. The molecular weight excluding hydrogens is 310 g/mol. The van der Waals surface area contributed by atoms with Gasteiger partial charge in [0.25, 0.3) is 0 Å². The molecule has 21 heavy (non-hydrogen) atoms. The summed E-state index contributed by atoms with van der Waals surface area (Å²) in [5, 5.41) is 0.148. The van der Waals surface area contributed by atoms with Crippen molar-refractivity contribution >= 4 is 27.3 Å². The van der Waals surface area contributed by atoms with E-state index in [1.807, 2.05) is 6.92 Å². The Hall–Kier alpha value is -0.820. The lowest BCUT2D eigenvalue weighted by Crippen LogP contribution is -2.34. The standard InChI is InChI=1S/C14H22ClN3O2S/c1-11(10-18-7-2-3-8-18)9-17-21(19,20)14-12(15)5-4-6-13(14)16/h4-6,11,17H,2-3,7-10,16H2,1H3. The van der Waals surface area contributed by atoms with Crippen LogP contribution in [0.2, 0.25) is 5.02 Å². The number of benzene rings is 1. The normalized spacial score (nSPS) is 18.0. The van der Waals surface area contributed by atoms with Crippen LogP contribution in [-0.2, 0) is 10.0 Å². The van der Waals surface area contributed by atoms with Gasteiger partial charge >= 0.3 is 0 Å². The number of anilines is 1. The molecule has 0 spiro atoms. The number of sulfonamides is 1. The molecule has 0 aromatic heterocycles. The maximum absolute atomic E-state index is 12.3. The van der Waals surface area contributed by atoms with E-state index in [1.54, 1.807) is 6.07 Å². The lowest BCUT2D eigenvalue weighted by atomic mass is 10.2. The van der Waals surface area contributed by atoms with Gasteiger partial charge in [0.05, 0.1) is 10.7 Å². The summed E-state index contributed by atoms with van der Waals surface area (Å²) in [6.45, 7) is 5.53. The van der Waals surface area contributed by atoms with Gasteiger partial charge in [-0.05, 0) is 44.0 Å². The van der Waals surface area contributed by atoms with Crippen LogP contribution in [0.25, 0.3) is 0 Å². The van der Waals surface area contributed by atoms with Gasteiger partial charge in [0.1, 0.15) is 4.90 Å². The Morgan fingerprint density at radius 1 is 1.38 bits per heavy atom. The van der Waals surface area contributed by atoms with Crippen molar-refractivity contribution < 1.29 is 8.42 Å². The van der Waals surface area contributed by atoms with Crippen molar-refractivity contribution in [3.8, 4) is 0 Å². The number of likely N-dealkylation sites (tertiary alicyclic amines) is 1. The fourth-order valence-corrected chi connectivity index (χ4v) is 4.44. The van der Waals surface area contributed by atoms with Crippen LogP contribution in [0.15, 0.2) is 23.1 Å². The number of nitrogens with zero attached hydrogens (tertiary/aromatic N) is 1. The summed E-state index contributed by atoms with van der Waals surface area (Å²) in [5.74, 6) is 0.238. The highest BCUT2D eigenvalue weighted by Gasteiger charge is 2.22. The van der Waals surface area contributed by atoms with E-state index in [0.29, 0.717) is 6.54 Å². The highest BCUT2D eigenvalue weighted by Crippen LogP contribution is 2.26. The molecule has 0 aliphatic carbocycles. The Bertz CT molecular complexity index is 566. The van der Waals surface area contributed by atoms with Crippen molar-refractivity contribution in [1.29, 1.82) is 0 Å². The average molecular weight is 332 g/mol. The van der Waals surface area contributed by atoms with E-state index in [9.17, 15) is 8.42 Å². The molecule has 2 rings (SSSR count). The van der Waals surface area contributed by atoms with Crippen LogP contribution in [0.1, 0.15) is 19.8 Å². The topological polar surface area (TPSA) is 75.4 Å². The lowest BCUT2D eigenvalue weighted by Gasteiger charge is -2.20. The molecule has 1 aliphatic rings. The van der Waals surface area contributed by atoms with Gasteiger partial charge in [-0.3, -0.25) is 0 Å². The zero-order valence-electron chi connectivity index (χ0n) is 12.2. The monoisotopic (exact) mass is 331 g/mol. The molecule has 1 aliphatic heterocycles. The summed E-state index contributed by atoms with van der Waals surface area (Å²) < 4.78 is 27.3. The molecule has 5 nitrogen and oxygen atoms in total. The SMILES string of the molecule is CC(CNS(=O)(=O)c1c(N)cccc1Cl)CN1CCCC1. The molecule has 1 unspecified atom stereocenters. The molecule has 1 atom stereocenters. The molecule has 0 saturated carbocycles. The van der Waals surface area contributed by atoms with E-state index in [1.165, 1.54) is 25.0 Å². The third-order valence-electron chi connectivity index (χ3n) is 3.66. The number of hydrogen-bond donors (Lipinski definition) is 2. The van der Waals surface area contributed by atoms with Gasteiger partial charge in [0.2, 0.25) is 10.0 Å². The van der Waals surface area contributed by atoms with Crippen LogP contribution >= 0.6 is 11.6 Å². The van der Waals surface area contributed by atoms with Crippen molar-refractivity contribution in [2.24, 2.45) is 5.92 Å². The Morgan fingerprint density at radius 3 is 2.67 bits per heavy atom. The van der Waals surface area contributed by atoms with Gasteiger partial charge in [-0.15, -0.1) is 0 Å². The Balaban J connectivity index is 1.97. The Morgan fingerprint density at radius 2 is 2.05 bits per heavy atom.